The van der Waals surface area contributed by atoms with Gasteiger partial charge in [-0.15, -0.1) is 0 Å². The van der Waals surface area contributed by atoms with Gasteiger partial charge < -0.3 is 10.0 Å². The first-order valence-corrected chi connectivity index (χ1v) is 5.53. The van der Waals surface area contributed by atoms with E-state index in [9.17, 15) is 5.11 Å². The van der Waals surface area contributed by atoms with Crippen LogP contribution in [0.15, 0.2) is 24.3 Å². The standard InChI is InChI=1S/C13H20N2O/c1-5-12-6-11(9-16)7-13(14-12)15(4)8-10(2)3/h6-7,16H,2,5,8-9H2,1,3-4H3. The maximum Gasteiger partial charge on any atom is 0.129 e. The van der Waals surface area contributed by atoms with Crippen LogP contribution in [0.2, 0.25) is 0 Å². The monoisotopic (exact) mass is 220 g/mol. The molecule has 1 aromatic rings. The normalized spacial score (nSPS) is 10.2. The fourth-order valence-corrected chi connectivity index (χ4v) is 1.59. The minimum Gasteiger partial charge on any atom is -0.392 e. The molecule has 0 aliphatic heterocycles. The molecule has 0 bridgehead atoms. The molecule has 16 heavy (non-hydrogen) atoms. The first-order chi connectivity index (χ1) is 7.56. The lowest BCUT2D eigenvalue weighted by Gasteiger charge is -2.19. The molecule has 1 heterocycles. The number of rotatable bonds is 5. The zero-order valence-corrected chi connectivity index (χ0v) is 10.3. The van der Waals surface area contributed by atoms with Gasteiger partial charge in [0.15, 0.2) is 0 Å². The minimum atomic E-state index is 0.0590. The van der Waals surface area contributed by atoms with E-state index in [2.05, 4.69) is 18.5 Å². The molecule has 0 aliphatic rings. The molecular weight excluding hydrogens is 200 g/mol. The lowest BCUT2D eigenvalue weighted by atomic mass is 10.2. The molecule has 0 fully saturated rings. The maximum absolute atomic E-state index is 9.18. The number of pyridine rings is 1. The number of aromatic nitrogens is 1. The van der Waals surface area contributed by atoms with Crippen LogP contribution in [0.25, 0.3) is 0 Å². The summed E-state index contributed by atoms with van der Waals surface area (Å²) in [7, 11) is 1.98. The number of aryl methyl sites for hydroxylation is 1. The van der Waals surface area contributed by atoms with Gasteiger partial charge in [0.1, 0.15) is 5.82 Å². The van der Waals surface area contributed by atoms with Gasteiger partial charge in [0.2, 0.25) is 0 Å². The lowest BCUT2D eigenvalue weighted by molar-refractivity contribution is 0.281. The van der Waals surface area contributed by atoms with Gasteiger partial charge in [0.25, 0.3) is 0 Å². The second kappa shape index (κ2) is 5.66. The summed E-state index contributed by atoms with van der Waals surface area (Å²) in [5.41, 5.74) is 3.02. The maximum atomic E-state index is 9.18. The Labute approximate surface area is 97.4 Å². The topological polar surface area (TPSA) is 36.4 Å². The number of nitrogens with zero attached hydrogens (tertiary/aromatic N) is 2. The summed E-state index contributed by atoms with van der Waals surface area (Å²) in [6.45, 7) is 8.78. The second-order valence-corrected chi connectivity index (χ2v) is 4.15. The van der Waals surface area contributed by atoms with Crippen LogP contribution in [0.4, 0.5) is 5.82 Å². The summed E-state index contributed by atoms with van der Waals surface area (Å²) in [5, 5.41) is 9.18. The fraction of sp³-hybridized carbons (Fsp3) is 0.462. The molecule has 0 aliphatic carbocycles. The third-order valence-electron chi connectivity index (χ3n) is 2.37. The Balaban J connectivity index is 2.97. The second-order valence-electron chi connectivity index (χ2n) is 4.15. The van der Waals surface area contributed by atoms with Crippen LogP contribution in [0.1, 0.15) is 25.1 Å². The zero-order valence-electron chi connectivity index (χ0n) is 10.3. The van der Waals surface area contributed by atoms with Crippen molar-refractivity contribution < 1.29 is 5.11 Å². The van der Waals surface area contributed by atoms with Crippen molar-refractivity contribution in [2.24, 2.45) is 0 Å². The highest BCUT2D eigenvalue weighted by molar-refractivity contribution is 5.43. The third kappa shape index (κ3) is 3.35. The molecule has 0 radical (unpaired) electrons. The van der Waals surface area contributed by atoms with Crippen LogP contribution in [-0.2, 0) is 13.0 Å². The number of hydrogen-bond donors (Lipinski definition) is 1. The molecule has 1 N–H and O–H groups in total. The SMILES string of the molecule is C=C(C)CN(C)c1cc(CO)cc(CC)n1. The predicted octanol–water partition coefficient (Wildman–Crippen LogP) is 2.15. The van der Waals surface area contributed by atoms with Crippen molar-refractivity contribution in [2.75, 3.05) is 18.5 Å². The van der Waals surface area contributed by atoms with E-state index in [1.807, 2.05) is 31.0 Å². The van der Waals surface area contributed by atoms with Crippen molar-refractivity contribution in [3.8, 4) is 0 Å². The first-order valence-electron chi connectivity index (χ1n) is 5.53. The van der Waals surface area contributed by atoms with Crippen molar-refractivity contribution in [1.82, 2.24) is 4.98 Å². The number of hydrogen-bond acceptors (Lipinski definition) is 3. The highest BCUT2D eigenvalue weighted by Crippen LogP contribution is 2.15. The predicted molar refractivity (Wildman–Crippen MR) is 67.6 cm³/mol. The molecule has 0 amide bonds. The Morgan fingerprint density at radius 2 is 2.19 bits per heavy atom. The van der Waals surface area contributed by atoms with Gasteiger partial charge in [-0.25, -0.2) is 4.98 Å². The molecule has 88 valence electrons. The summed E-state index contributed by atoms with van der Waals surface area (Å²) < 4.78 is 0. The van der Waals surface area contributed by atoms with E-state index in [1.165, 1.54) is 0 Å². The van der Waals surface area contributed by atoms with E-state index >= 15 is 0 Å². The van der Waals surface area contributed by atoms with E-state index in [-0.39, 0.29) is 6.61 Å². The Bertz CT molecular complexity index is 352. The molecule has 1 rings (SSSR count). The molecule has 3 nitrogen and oxygen atoms in total. The molecule has 1 aromatic heterocycles. The van der Waals surface area contributed by atoms with Gasteiger partial charge in [-0.05, 0) is 31.0 Å². The summed E-state index contributed by atoms with van der Waals surface area (Å²) in [6, 6.07) is 3.86. The molecule has 3 heteroatoms. The zero-order chi connectivity index (χ0) is 12.1. The van der Waals surface area contributed by atoms with Crippen LogP contribution < -0.4 is 4.90 Å². The van der Waals surface area contributed by atoms with E-state index in [4.69, 9.17) is 0 Å². The highest BCUT2D eigenvalue weighted by Gasteiger charge is 2.06. The van der Waals surface area contributed by atoms with Gasteiger partial charge in [0, 0.05) is 19.3 Å². The minimum absolute atomic E-state index is 0.0590. The largest absolute Gasteiger partial charge is 0.392 e. The summed E-state index contributed by atoms with van der Waals surface area (Å²) in [5.74, 6) is 0.895. The van der Waals surface area contributed by atoms with Gasteiger partial charge in [0.05, 0.1) is 6.61 Å². The average Bonchev–Trinajstić information content (AvgIpc) is 2.27. The summed E-state index contributed by atoms with van der Waals surface area (Å²) in [6.07, 6.45) is 0.877. The molecular formula is C13H20N2O. The molecule has 0 saturated carbocycles. The van der Waals surface area contributed by atoms with Gasteiger partial charge in [-0.1, -0.05) is 19.1 Å². The van der Waals surface area contributed by atoms with Crippen LogP contribution in [-0.4, -0.2) is 23.7 Å². The molecule has 0 aromatic carbocycles. The molecule has 0 atom stereocenters. The Morgan fingerprint density at radius 1 is 1.50 bits per heavy atom. The lowest BCUT2D eigenvalue weighted by Crippen LogP contribution is -2.20. The van der Waals surface area contributed by atoms with E-state index in [0.717, 1.165) is 35.6 Å². The van der Waals surface area contributed by atoms with Crippen molar-refractivity contribution in [3.63, 3.8) is 0 Å². The Hall–Kier alpha value is -1.35. The highest BCUT2D eigenvalue weighted by atomic mass is 16.3. The Morgan fingerprint density at radius 3 is 2.69 bits per heavy atom. The van der Waals surface area contributed by atoms with Crippen LogP contribution in [0, 0.1) is 0 Å². The van der Waals surface area contributed by atoms with E-state index < -0.39 is 0 Å². The third-order valence-corrected chi connectivity index (χ3v) is 2.37. The molecule has 0 unspecified atom stereocenters. The van der Waals surface area contributed by atoms with Crippen LogP contribution in [0.5, 0.6) is 0 Å². The van der Waals surface area contributed by atoms with Crippen molar-refractivity contribution in [2.45, 2.75) is 26.9 Å². The molecule has 0 spiro atoms. The van der Waals surface area contributed by atoms with Gasteiger partial charge >= 0.3 is 0 Å². The van der Waals surface area contributed by atoms with Crippen LogP contribution in [0.3, 0.4) is 0 Å². The van der Waals surface area contributed by atoms with Crippen molar-refractivity contribution in [1.29, 1.82) is 0 Å². The fourth-order valence-electron chi connectivity index (χ4n) is 1.59. The van der Waals surface area contributed by atoms with Crippen molar-refractivity contribution in [3.05, 3.63) is 35.5 Å². The summed E-state index contributed by atoms with van der Waals surface area (Å²) in [4.78, 5) is 6.57. The quantitative estimate of drug-likeness (QED) is 0.772. The smallest absolute Gasteiger partial charge is 0.129 e. The number of likely N-dealkylation sites (N-methyl/N-ethyl adjacent to an activating group) is 1. The van der Waals surface area contributed by atoms with Crippen molar-refractivity contribution >= 4 is 5.82 Å². The van der Waals surface area contributed by atoms with E-state index in [1.54, 1.807) is 0 Å². The first kappa shape index (κ1) is 12.7. The van der Waals surface area contributed by atoms with Crippen LogP contribution >= 0.6 is 0 Å². The van der Waals surface area contributed by atoms with Gasteiger partial charge in [-0.3, -0.25) is 0 Å². The van der Waals surface area contributed by atoms with Gasteiger partial charge in [-0.2, -0.15) is 0 Å². The Kier molecular flexibility index (Phi) is 4.50. The number of aliphatic hydroxyl groups excluding tert-OH is 1. The average molecular weight is 220 g/mol. The number of aliphatic hydroxyl groups is 1. The van der Waals surface area contributed by atoms with E-state index in [0.29, 0.717) is 0 Å². The molecule has 0 saturated heterocycles. The summed E-state index contributed by atoms with van der Waals surface area (Å²) >= 11 is 0. The number of anilines is 1.